The van der Waals surface area contributed by atoms with Crippen molar-refractivity contribution in [1.82, 2.24) is 9.97 Å². The molecule has 124 valence electrons. The number of aromatic nitrogens is 2. The fourth-order valence-electron chi connectivity index (χ4n) is 3.25. The van der Waals surface area contributed by atoms with Crippen LogP contribution in [0.1, 0.15) is 51.6 Å². The maximum Gasteiger partial charge on any atom is 0.272 e. The van der Waals surface area contributed by atoms with Gasteiger partial charge in [0.1, 0.15) is 5.69 Å². The number of carbonyl (C=O) groups excluding carboxylic acids is 2. The van der Waals surface area contributed by atoms with Crippen LogP contribution in [0.3, 0.4) is 0 Å². The van der Waals surface area contributed by atoms with E-state index in [0.29, 0.717) is 17.7 Å². The summed E-state index contributed by atoms with van der Waals surface area (Å²) in [7, 11) is 0. The molecule has 0 fully saturated rings. The normalized spacial score (nSPS) is 11.0. The summed E-state index contributed by atoms with van der Waals surface area (Å²) in [5.41, 5.74) is 5.44. The zero-order chi connectivity index (χ0) is 17.4. The maximum atomic E-state index is 12.7. The van der Waals surface area contributed by atoms with Crippen LogP contribution in [0.2, 0.25) is 0 Å². The lowest BCUT2D eigenvalue weighted by Gasteiger charge is -2.06. The number of aromatic amines is 2. The fraction of sp³-hybridized carbons (Fsp3) is 0.263. The van der Waals surface area contributed by atoms with Gasteiger partial charge in [0.2, 0.25) is 0 Å². The molecule has 1 amide bonds. The third-order valence-electron chi connectivity index (χ3n) is 4.24. The summed E-state index contributed by atoms with van der Waals surface area (Å²) in [6.45, 7) is 7.29. The third kappa shape index (κ3) is 2.73. The zero-order valence-electron chi connectivity index (χ0n) is 14.3. The summed E-state index contributed by atoms with van der Waals surface area (Å²) < 4.78 is 0. The number of ketones is 1. The molecule has 3 aromatic rings. The first kappa shape index (κ1) is 16.1. The topological polar surface area (TPSA) is 77.8 Å². The highest BCUT2D eigenvalue weighted by molar-refractivity contribution is 6.08. The maximum absolute atomic E-state index is 12.7. The number of hydrogen-bond acceptors (Lipinski definition) is 2. The van der Waals surface area contributed by atoms with Gasteiger partial charge in [-0.05, 0) is 57.0 Å². The quantitative estimate of drug-likeness (QED) is 0.631. The first-order valence-corrected chi connectivity index (χ1v) is 8.03. The first-order chi connectivity index (χ1) is 11.4. The fourth-order valence-corrected chi connectivity index (χ4v) is 3.25. The van der Waals surface area contributed by atoms with Crippen LogP contribution < -0.4 is 5.32 Å². The number of benzene rings is 1. The van der Waals surface area contributed by atoms with Gasteiger partial charge in [-0.25, -0.2) is 0 Å². The highest BCUT2D eigenvalue weighted by Crippen LogP contribution is 2.23. The number of H-pyrrole nitrogens is 2. The Morgan fingerprint density at radius 2 is 1.88 bits per heavy atom. The van der Waals surface area contributed by atoms with Crippen LogP contribution in [0.5, 0.6) is 0 Å². The predicted molar refractivity (Wildman–Crippen MR) is 95.9 cm³/mol. The smallest absolute Gasteiger partial charge is 0.272 e. The minimum atomic E-state index is -0.228. The number of amides is 1. The lowest BCUT2D eigenvalue weighted by Crippen LogP contribution is -2.14. The van der Waals surface area contributed by atoms with Crippen molar-refractivity contribution in [2.24, 2.45) is 0 Å². The van der Waals surface area contributed by atoms with Crippen molar-refractivity contribution >= 4 is 28.3 Å². The van der Waals surface area contributed by atoms with Gasteiger partial charge in [-0.2, -0.15) is 0 Å². The first-order valence-electron chi connectivity index (χ1n) is 8.03. The molecule has 3 rings (SSSR count). The largest absolute Gasteiger partial charge is 0.359 e. The minimum absolute atomic E-state index is 0.0242. The van der Waals surface area contributed by atoms with E-state index in [1.54, 1.807) is 0 Å². The Labute approximate surface area is 140 Å². The van der Waals surface area contributed by atoms with E-state index in [4.69, 9.17) is 0 Å². The second-order valence-electron chi connectivity index (χ2n) is 6.10. The molecular weight excluding hydrogens is 302 g/mol. The van der Waals surface area contributed by atoms with Crippen LogP contribution in [0.15, 0.2) is 24.3 Å². The Morgan fingerprint density at radius 3 is 2.54 bits per heavy atom. The molecule has 0 bridgehead atoms. The van der Waals surface area contributed by atoms with Gasteiger partial charge in [0.25, 0.3) is 5.91 Å². The highest BCUT2D eigenvalue weighted by Gasteiger charge is 2.21. The number of fused-ring (bicyclic) bond motifs is 1. The van der Waals surface area contributed by atoms with Gasteiger partial charge in [-0.3, -0.25) is 9.59 Å². The highest BCUT2D eigenvalue weighted by atomic mass is 16.2. The number of hydrogen-bond donors (Lipinski definition) is 3. The molecule has 0 saturated heterocycles. The molecule has 0 radical (unpaired) electrons. The standard InChI is InChI=1S/C19H21N3O2/c1-5-15-17(12(4)23)11(3)21-18(15)19(24)22-14-6-7-16-13(9-14)8-10(2)20-16/h6-9,20-21H,5H2,1-4H3,(H,22,24). The molecule has 0 saturated carbocycles. The average Bonchev–Trinajstić information content (AvgIpc) is 3.05. The van der Waals surface area contributed by atoms with E-state index in [-0.39, 0.29) is 11.7 Å². The molecule has 5 nitrogen and oxygen atoms in total. The molecule has 5 heteroatoms. The molecule has 2 aromatic heterocycles. The Kier molecular flexibility index (Phi) is 4.01. The van der Waals surface area contributed by atoms with Crippen LogP contribution >= 0.6 is 0 Å². The molecule has 0 aliphatic carbocycles. The summed E-state index contributed by atoms with van der Waals surface area (Å²) >= 11 is 0. The van der Waals surface area contributed by atoms with Crippen LogP contribution in [-0.2, 0) is 6.42 Å². The Hall–Kier alpha value is -2.82. The molecule has 0 unspecified atom stereocenters. The second kappa shape index (κ2) is 6.00. The molecule has 3 N–H and O–H groups in total. The summed E-state index contributed by atoms with van der Waals surface area (Å²) in [5.74, 6) is -0.252. The van der Waals surface area contributed by atoms with Crippen molar-refractivity contribution in [3.8, 4) is 0 Å². The van der Waals surface area contributed by atoms with Crippen molar-refractivity contribution in [2.75, 3.05) is 5.32 Å². The molecule has 2 heterocycles. The molecule has 24 heavy (non-hydrogen) atoms. The van der Waals surface area contributed by atoms with Crippen LogP contribution in [0, 0.1) is 13.8 Å². The van der Waals surface area contributed by atoms with Crippen molar-refractivity contribution in [3.05, 3.63) is 52.5 Å². The predicted octanol–water partition coefficient (Wildman–Crippen LogP) is 4.13. The molecule has 0 atom stereocenters. The van der Waals surface area contributed by atoms with E-state index in [1.807, 2.05) is 45.0 Å². The molecular formula is C19H21N3O2. The molecule has 0 spiro atoms. The number of nitrogens with one attached hydrogen (secondary N) is 3. The Morgan fingerprint density at radius 1 is 1.12 bits per heavy atom. The van der Waals surface area contributed by atoms with E-state index in [0.717, 1.165) is 33.5 Å². The van der Waals surface area contributed by atoms with E-state index in [1.165, 1.54) is 6.92 Å². The minimum Gasteiger partial charge on any atom is -0.359 e. The van der Waals surface area contributed by atoms with Crippen LogP contribution in [0.25, 0.3) is 10.9 Å². The lowest BCUT2D eigenvalue weighted by molar-refractivity contribution is 0.101. The van der Waals surface area contributed by atoms with Crippen molar-refractivity contribution < 1.29 is 9.59 Å². The van der Waals surface area contributed by atoms with Gasteiger partial charge in [-0.15, -0.1) is 0 Å². The van der Waals surface area contributed by atoms with Crippen LogP contribution in [-0.4, -0.2) is 21.7 Å². The van der Waals surface area contributed by atoms with Crippen molar-refractivity contribution in [2.45, 2.75) is 34.1 Å². The SMILES string of the molecule is CCc1c(C(=O)Nc2ccc3[nH]c(C)cc3c2)[nH]c(C)c1C(C)=O. The number of aryl methyl sites for hydroxylation is 2. The number of anilines is 1. The number of rotatable bonds is 4. The van der Waals surface area contributed by atoms with Gasteiger partial charge in [-0.1, -0.05) is 6.92 Å². The summed E-state index contributed by atoms with van der Waals surface area (Å²) in [5, 5.41) is 3.97. The van der Waals surface area contributed by atoms with Gasteiger partial charge < -0.3 is 15.3 Å². The Bertz CT molecular complexity index is 947. The second-order valence-corrected chi connectivity index (χ2v) is 6.10. The summed E-state index contributed by atoms with van der Waals surface area (Å²) in [6, 6.07) is 7.78. The van der Waals surface area contributed by atoms with E-state index in [2.05, 4.69) is 15.3 Å². The monoisotopic (exact) mass is 323 g/mol. The van der Waals surface area contributed by atoms with Gasteiger partial charge in [0.15, 0.2) is 5.78 Å². The Balaban J connectivity index is 1.94. The summed E-state index contributed by atoms with van der Waals surface area (Å²) in [6.07, 6.45) is 0.623. The van der Waals surface area contributed by atoms with Gasteiger partial charge in [0.05, 0.1) is 0 Å². The molecule has 1 aromatic carbocycles. The number of Topliss-reactive ketones (excluding diaryl/α,β-unsaturated/α-hetero) is 1. The third-order valence-corrected chi connectivity index (χ3v) is 4.24. The average molecular weight is 323 g/mol. The van der Waals surface area contributed by atoms with Crippen LogP contribution in [0.4, 0.5) is 5.69 Å². The van der Waals surface area contributed by atoms with E-state index < -0.39 is 0 Å². The van der Waals surface area contributed by atoms with Gasteiger partial charge >= 0.3 is 0 Å². The lowest BCUT2D eigenvalue weighted by atomic mass is 10.0. The van der Waals surface area contributed by atoms with Crippen molar-refractivity contribution in [3.63, 3.8) is 0 Å². The van der Waals surface area contributed by atoms with Gasteiger partial charge in [0, 0.05) is 33.5 Å². The molecule has 0 aliphatic heterocycles. The van der Waals surface area contributed by atoms with E-state index >= 15 is 0 Å². The number of carbonyl (C=O) groups is 2. The van der Waals surface area contributed by atoms with E-state index in [9.17, 15) is 9.59 Å². The molecule has 0 aliphatic rings. The van der Waals surface area contributed by atoms with Crippen molar-refractivity contribution in [1.29, 1.82) is 0 Å². The zero-order valence-corrected chi connectivity index (χ0v) is 14.3. The summed E-state index contributed by atoms with van der Waals surface area (Å²) in [4.78, 5) is 30.8.